The molecule has 0 aliphatic carbocycles. The zero-order chi connectivity index (χ0) is 21.4. The van der Waals surface area contributed by atoms with Crippen LogP contribution in [0.3, 0.4) is 0 Å². The Hall–Kier alpha value is -4.04. The van der Waals surface area contributed by atoms with Gasteiger partial charge in [-0.25, -0.2) is 4.52 Å². The van der Waals surface area contributed by atoms with Crippen molar-refractivity contribution in [2.75, 3.05) is 0 Å². The van der Waals surface area contributed by atoms with Gasteiger partial charge in [-0.15, -0.1) is 0 Å². The monoisotopic (exact) mass is 413 g/mol. The average Bonchev–Trinajstić information content (AvgIpc) is 3.42. The summed E-state index contributed by atoms with van der Waals surface area (Å²) < 4.78 is 8.33. The van der Waals surface area contributed by atoms with Gasteiger partial charge in [0, 0.05) is 29.1 Å². The predicted molar refractivity (Wildman–Crippen MR) is 114 cm³/mol. The number of aliphatic hydroxyl groups is 1. The average molecular weight is 413 g/mol. The fourth-order valence-corrected chi connectivity index (χ4v) is 3.54. The van der Waals surface area contributed by atoms with Crippen LogP contribution in [0.1, 0.15) is 17.0 Å². The molecule has 3 heterocycles. The van der Waals surface area contributed by atoms with E-state index in [1.165, 1.54) is 9.08 Å². The van der Waals surface area contributed by atoms with E-state index in [4.69, 9.17) is 4.52 Å². The third-order valence-corrected chi connectivity index (χ3v) is 5.15. The lowest BCUT2D eigenvalue weighted by atomic mass is 10.1. The van der Waals surface area contributed by atoms with Crippen molar-refractivity contribution in [1.82, 2.24) is 24.3 Å². The van der Waals surface area contributed by atoms with Crippen molar-refractivity contribution in [2.24, 2.45) is 0 Å². The van der Waals surface area contributed by atoms with Crippen LogP contribution in [-0.2, 0) is 13.2 Å². The summed E-state index contributed by atoms with van der Waals surface area (Å²) in [5.41, 5.74) is 3.91. The van der Waals surface area contributed by atoms with Crippen LogP contribution in [0.4, 0.5) is 0 Å². The Balaban J connectivity index is 1.52. The summed E-state index contributed by atoms with van der Waals surface area (Å²) in [7, 11) is 0. The molecule has 0 aliphatic rings. The maximum Gasteiger partial charge on any atom is 0.277 e. The SMILES string of the molecule is Cc1ccc(-c2noc(Cn3ccn4nc(-c5ccccc5)c(CO)c4c3=O)n2)cc1. The fraction of sp³-hybridized carbons (Fsp3) is 0.130. The molecule has 8 heteroatoms. The summed E-state index contributed by atoms with van der Waals surface area (Å²) in [5, 5.41) is 18.5. The van der Waals surface area contributed by atoms with Crippen LogP contribution < -0.4 is 5.56 Å². The molecule has 0 aliphatic heterocycles. The third-order valence-electron chi connectivity index (χ3n) is 5.15. The Morgan fingerprint density at radius 1 is 1.00 bits per heavy atom. The topological polar surface area (TPSA) is 98.5 Å². The smallest absolute Gasteiger partial charge is 0.277 e. The lowest BCUT2D eigenvalue weighted by Gasteiger charge is -2.03. The molecule has 0 radical (unpaired) electrons. The summed E-state index contributed by atoms with van der Waals surface area (Å²) in [6.07, 6.45) is 3.30. The van der Waals surface area contributed by atoms with Crippen molar-refractivity contribution < 1.29 is 9.63 Å². The van der Waals surface area contributed by atoms with E-state index in [9.17, 15) is 9.90 Å². The molecular weight excluding hydrogens is 394 g/mol. The second-order valence-electron chi connectivity index (χ2n) is 7.25. The molecule has 3 aromatic heterocycles. The molecule has 31 heavy (non-hydrogen) atoms. The summed E-state index contributed by atoms with van der Waals surface area (Å²) >= 11 is 0. The lowest BCUT2D eigenvalue weighted by Crippen LogP contribution is -2.22. The molecular formula is C23H19N5O3. The van der Waals surface area contributed by atoms with Crippen LogP contribution in [0.2, 0.25) is 0 Å². The number of nitrogens with zero attached hydrogens (tertiary/aromatic N) is 5. The summed E-state index contributed by atoms with van der Waals surface area (Å²) in [6, 6.07) is 17.3. The van der Waals surface area contributed by atoms with Gasteiger partial charge in [-0.1, -0.05) is 65.3 Å². The van der Waals surface area contributed by atoms with Gasteiger partial charge < -0.3 is 14.2 Å². The van der Waals surface area contributed by atoms with Crippen LogP contribution in [-0.4, -0.2) is 29.4 Å². The molecule has 154 valence electrons. The number of aromatic nitrogens is 5. The molecule has 0 fully saturated rings. The van der Waals surface area contributed by atoms with Crippen LogP contribution in [0, 0.1) is 6.92 Å². The van der Waals surface area contributed by atoms with E-state index < -0.39 is 0 Å². The molecule has 0 saturated heterocycles. The van der Waals surface area contributed by atoms with E-state index >= 15 is 0 Å². The van der Waals surface area contributed by atoms with Gasteiger partial charge in [0.1, 0.15) is 12.1 Å². The van der Waals surface area contributed by atoms with Crippen molar-refractivity contribution in [3.8, 4) is 22.6 Å². The molecule has 2 aromatic carbocycles. The normalized spacial score (nSPS) is 11.3. The Bertz CT molecular complexity index is 1420. The van der Waals surface area contributed by atoms with Gasteiger partial charge in [0.2, 0.25) is 11.7 Å². The van der Waals surface area contributed by atoms with E-state index in [0.717, 1.165) is 16.7 Å². The molecule has 1 N–H and O–H groups in total. The van der Waals surface area contributed by atoms with Gasteiger partial charge in [0.05, 0.1) is 12.3 Å². The van der Waals surface area contributed by atoms with E-state index in [0.29, 0.717) is 28.5 Å². The van der Waals surface area contributed by atoms with Gasteiger partial charge >= 0.3 is 0 Å². The molecule has 0 saturated carbocycles. The molecule has 0 atom stereocenters. The zero-order valence-electron chi connectivity index (χ0n) is 16.8. The van der Waals surface area contributed by atoms with Gasteiger partial charge in [-0.2, -0.15) is 10.1 Å². The second kappa shape index (κ2) is 7.66. The standard InChI is InChI=1S/C23H19N5O3/c1-15-7-9-17(10-8-15)22-24-19(31-26-22)13-27-11-12-28-21(23(27)30)18(14-29)20(25-28)16-5-3-2-4-6-16/h2-12,29H,13-14H2,1H3. The van der Waals surface area contributed by atoms with E-state index in [1.807, 2.05) is 61.5 Å². The van der Waals surface area contributed by atoms with Crippen molar-refractivity contribution in [3.63, 3.8) is 0 Å². The Kier molecular flexibility index (Phi) is 4.68. The highest BCUT2D eigenvalue weighted by atomic mass is 16.5. The minimum atomic E-state index is -0.300. The van der Waals surface area contributed by atoms with Gasteiger partial charge in [-0.3, -0.25) is 4.79 Å². The Morgan fingerprint density at radius 3 is 2.52 bits per heavy atom. The number of aryl methyl sites for hydroxylation is 1. The molecule has 0 spiro atoms. The minimum Gasteiger partial charge on any atom is -0.392 e. The largest absolute Gasteiger partial charge is 0.392 e. The number of aliphatic hydroxyl groups excluding tert-OH is 1. The highest BCUT2D eigenvalue weighted by molar-refractivity contribution is 5.72. The number of hydrogen-bond donors (Lipinski definition) is 1. The third kappa shape index (κ3) is 3.43. The van der Waals surface area contributed by atoms with Crippen molar-refractivity contribution in [3.05, 3.63) is 94.4 Å². The fourth-order valence-electron chi connectivity index (χ4n) is 3.54. The van der Waals surface area contributed by atoms with Crippen molar-refractivity contribution >= 4 is 5.52 Å². The molecule has 5 aromatic rings. The Morgan fingerprint density at radius 2 is 1.77 bits per heavy atom. The first-order valence-electron chi connectivity index (χ1n) is 9.80. The molecule has 0 bridgehead atoms. The van der Waals surface area contributed by atoms with Gasteiger partial charge in [0.25, 0.3) is 5.56 Å². The maximum atomic E-state index is 13.2. The quantitative estimate of drug-likeness (QED) is 0.476. The van der Waals surface area contributed by atoms with Crippen LogP contribution in [0.5, 0.6) is 0 Å². The predicted octanol–water partition coefficient (Wildman–Crippen LogP) is 3.06. The Labute approximate surface area is 177 Å². The first-order valence-corrected chi connectivity index (χ1v) is 9.80. The van der Waals surface area contributed by atoms with Crippen LogP contribution in [0.25, 0.3) is 28.2 Å². The molecule has 0 unspecified atom stereocenters. The van der Waals surface area contributed by atoms with E-state index in [2.05, 4.69) is 15.2 Å². The number of rotatable bonds is 5. The minimum absolute atomic E-state index is 0.116. The van der Waals surface area contributed by atoms with E-state index in [-0.39, 0.29) is 18.7 Å². The number of fused-ring (bicyclic) bond motifs is 1. The van der Waals surface area contributed by atoms with Crippen LogP contribution in [0.15, 0.2) is 76.3 Å². The summed E-state index contributed by atoms with van der Waals surface area (Å²) in [5.74, 6) is 0.784. The van der Waals surface area contributed by atoms with Crippen LogP contribution >= 0.6 is 0 Å². The number of benzene rings is 2. The van der Waals surface area contributed by atoms with E-state index in [1.54, 1.807) is 12.4 Å². The van der Waals surface area contributed by atoms with Crippen molar-refractivity contribution in [2.45, 2.75) is 20.1 Å². The lowest BCUT2D eigenvalue weighted by molar-refractivity contribution is 0.283. The molecule has 8 nitrogen and oxygen atoms in total. The zero-order valence-corrected chi connectivity index (χ0v) is 16.8. The first kappa shape index (κ1) is 19.0. The highest BCUT2D eigenvalue weighted by Gasteiger charge is 2.18. The second-order valence-corrected chi connectivity index (χ2v) is 7.25. The highest BCUT2D eigenvalue weighted by Crippen LogP contribution is 2.24. The van der Waals surface area contributed by atoms with Gasteiger partial charge in [-0.05, 0) is 6.92 Å². The summed E-state index contributed by atoms with van der Waals surface area (Å²) in [6.45, 7) is 1.82. The molecule has 0 amide bonds. The summed E-state index contributed by atoms with van der Waals surface area (Å²) in [4.78, 5) is 17.6. The first-order chi connectivity index (χ1) is 15.1. The maximum absolute atomic E-state index is 13.2. The molecule has 5 rings (SSSR count). The number of hydrogen-bond acceptors (Lipinski definition) is 6. The van der Waals surface area contributed by atoms with Crippen molar-refractivity contribution in [1.29, 1.82) is 0 Å². The van der Waals surface area contributed by atoms with Gasteiger partial charge in [0.15, 0.2) is 0 Å².